The van der Waals surface area contributed by atoms with E-state index in [0.29, 0.717) is 12.4 Å². The molecule has 0 unspecified atom stereocenters. The highest BCUT2D eigenvalue weighted by Crippen LogP contribution is 2.15. The fraction of sp³-hybridized carbons (Fsp3) is 0.400. The average molecular weight is 275 g/mol. The maximum atomic E-state index is 11.7. The number of aryl methyl sites for hydroxylation is 1. The average Bonchev–Trinajstić information content (AvgIpc) is 2.80. The van der Waals surface area contributed by atoms with E-state index in [1.165, 1.54) is 11.3 Å². The molecule has 0 aliphatic heterocycles. The van der Waals surface area contributed by atoms with Crippen molar-refractivity contribution in [2.75, 3.05) is 0 Å². The van der Waals surface area contributed by atoms with E-state index in [4.69, 9.17) is 11.6 Å². The summed E-state index contributed by atoms with van der Waals surface area (Å²) in [6.45, 7) is 4.48. The zero-order chi connectivity index (χ0) is 11.7. The summed E-state index contributed by atoms with van der Waals surface area (Å²) in [7, 11) is 0. The minimum Gasteiger partial charge on any atom is -0.296 e. The van der Waals surface area contributed by atoms with Crippen LogP contribution in [0.25, 0.3) is 0 Å². The lowest BCUT2D eigenvalue weighted by molar-refractivity contribution is 0.744. The Hall–Kier alpha value is -0.650. The Kier molecular flexibility index (Phi) is 3.47. The molecular formula is C10H11ClN2OS2. The topological polar surface area (TPSA) is 34.9 Å². The third-order valence-corrected chi connectivity index (χ3v) is 4.56. The molecule has 6 heteroatoms. The molecule has 16 heavy (non-hydrogen) atoms. The molecular weight excluding hydrogens is 264 g/mol. The van der Waals surface area contributed by atoms with E-state index in [-0.39, 0.29) is 4.87 Å². The third-order valence-electron chi connectivity index (χ3n) is 2.40. The highest BCUT2D eigenvalue weighted by Gasteiger charge is 2.09. The van der Waals surface area contributed by atoms with Crippen molar-refractivity contribution in [2.24, 2.45) is 0 Å². The van der Waals surface area contributed by atoms with Crippen molar-refractivity contribution in [3.8, 4) is 0 Å². The predicted octanol–water partition coefficient (Wildman–Crippen LogP) is 2.77. The standard InChI is InChI=1S/C10H11ClN2OS2/c1-6-7(2)16-10(14)13(6)4-9-12-8(3-11)5-15-9/h5H,3-4H2,1-2H3. The van der Waals surface area contributed by atoms with Gasteiger partial charge in [0.1, 0.15) is 5.01 Å². The van der Waals surface area contributed by atoms with Crippen LogP contribution in [0.15, 0.2) is 10.2 Å². The monoisotopic (exact) mass is 274 g/mol. The van der Waals surface area contributed by atoms with Crippen LogP contribution in [-0.4, -0.2) is 9.55 Å². The van der Waals surface area contributed by atoms with Gasteiger partial charge in [-0.3, -0.25) is 9.36 Å². The van der Waals surface area contributed by atoms with E-state index in [0.717, 1.165) is 21.3 Å². The Morgan fingerprint density at radius 1 is 1.50 bits per heavy atom. The first-order valence-corrected chi connectivity index (χ1v) is 7.01. The normalized spacial score (nSPS) is 10.9. The summed E-state index contributed by atoms with van der Waals surface area (Å²) in [5, 5.41) is 2.86. The van der Waals surface area contributed by atoms with Crippen LogP contribution >= 0.6 is 34.3 Å². The van der Waals surface area contributed by atoms with Gasteiger partial charge in [0.15, 0.2) is 0 Å². The lowest BCUT2D eigenvalue weighted by atomic mass is 10.4. The Balaban J connectivity index is 2.30. The summed E-state index contributed by atoms with van der Waals surface area (Å²) >= 11 is 8.52. The molecule has 0 aliphatic carbocycles. The molecule has 0 N–H and O–H groups in total. The smallest absolute Gasteiger partial charge is 0.296 e. The third kappa shape index (κ3) is 2.21. The molecule has 0 saturated heterocycles. The number of rotatable bonds is 3. The summed E-state index contributed by atoms with van der Waals surface area (Å²) in [5.74, 6) is 0.424. The first kappa shape index (κ1) is 11.8. The molecule has 0 fully saturated rings. The van der Waals surface area contributed by atoms with Gasteiger partial charge in [0, 0.05) is 16.0 Å². The zero-order valence-electron chi connectivity index (χ0n) is 8.99. The van der Waals surface area contributed by atoms with Crippen molar-refractivity contribution in [2.45, 2.75) is 26.3 Å². The van der Waals surface area contributed by atoms with Crippen molar-refractivity contribution >= 4 is 34.3 Å². The van der Waals surface area contributed by atoms with Gasteiger partial charge < -0.3 is 0 Å². The van der Waals surface area contributed by atoms with Gasteiger partial charge in [-0.25, -0.2) is 4.98 Å². The summed E-state index contributed by atoms with van der Waals surface area (Å²) < 4.78 is 1.76. The molecule has 0 amide bonds. The Morgan fingerprint density at radius 2 is 2.25 bits per heavy atom. The number of alkyl halides is 1. The van der Waals surface area contributed by atoms with Gasteiger partial charge in [0.05, 0.1) is 18.1 Å². The summed E-state index contributed by atoms with van der Waals surface area (Å²) in [4.78, 5) is 17.2. The maximum Gasteiger partial charge on any atom is 0.307 e. The summed E-state index contributed by atoms with van der Waals surface area (Å²) in [6, 6.07) is 0. The Bertz CT molecular complexity index is 555. The van der Waals surface area contributed by atoms with Crippen LogP contribution in [0.4, 0.5) is 0 Å². The number of halogens is 1. The number of nitrogens with zero attached hydrogens (tertiary/aromatic N) is 2. The van der Waals surface area contributed by atoms with Gasteiger partial charge in [-0.1, -0.05) is 11.3 Å². The fourth-order valence-corrected chi connectivity index (χ4v) is 3.23. The Morgan fingerprint density at radius 3 is 2.75 bits per heavy atom. The second-order valence-electron chi connectivity index (χ2n) is 3.46. The van der Waals surface area contributed by atoms with E-state index in [2.05, 4.69) is 4.98 Å². The second kappa shape index (κ2) is 4.69. The highest BCUT2D eigenvalue weighted by atomic mass is 35.5. The minimum atomic E-state index is 0.0811. The van der Waals surface area contributed by atoms with Gasteiger partial charge in [-0.05, 0) is 13.8 Å². The van der Waals surface area contributed by atoms with Crippen molar-refractivity contribution < 1.29 is 0 Å². The van der Waals surface area contributed by atoms with Crippen LogP contribution in [0.5, 0.6) is 0 Å². The van der Waals surface area contributed by atoms with E-state index in [1.807, 2.05) is 19.2 Å². The van der Waals surface area contributed by atoms with Crippen molar-refractivity contribution in [3.63, 3.8) is 0 Å². The molecule has 0 aliphatic rings. The second-order valence-corrected chi connectivity index (χ2v) is 5.84. The molecule has 2 aromatic rings. The fourth-order valence-electron chi connectivity index (χ4n) is 1.39. The van der Waals surface area contributed by atoms with Crippen LogP contribution in [0.1, 0.15) is 21.3 Å². The van der Waals surface area contributed by atoms with Crippen molar-refractivity contribution in [3.05, 3.63) is 36.3 Å². The molecule has 2 rings (SSSR count). The van der Waals surface area contributed by atoms with Gasteiger partial charge in [0.25, 0.3) is 0 Å². The molecule has 3 nitrogen and oxygen atoms in total. The number of thiazole rings is 2. The largest absolute Gasteiger partial charge is 0.307 e. The van der Waals surface area contributed by atoms with Crippen LogP contribution in [0.2, 0.25) is 0 Å². The molecule has 0 spiro atoms. The van der Waals surface area contributed by atoms with Gasteiger partial charge in [-0.15, -0.1) is 22.9 Å². The SMILES string of the molecule is Cc1sc(=O)n(Cc2nc(CCl)cs2)c1C. The highest BCUT2D eigenvalue weighted by molar-refractivity contribution is 7.10. The van der Waals surface area contributed by atoms with E-state index in [9.17, 15) is 4.79 Å². The maximum absolute atomic E-state index is 11.7. The zero-order valence-corrected chi connectivity index (χ0v) is 11.4. The summed E-state index contributed by atoms with van der Waals surface area (Å²) in [6.07, 6.45) is 0. The molecule has 0 bridgehead atoms. The van der Waals surface area contributed by atoms with Crippen molar-refractivity contribution in [1.82, 2.24) is 9.55 Å². The molecule has 2 heterocycles. The van der Waals surface area contributed by atoms with Crippen LogP contribution in [0.3, 0.4) is 0 Å². The van der Waals surface area contributed by atoms with Crippen LogP contribution in [-0.2, 0) is 12.4 Å². The Labute approximate surface area is 106 Å². The molecule has 0 aromatic carbocycles. The summed E-state index contributed by atoms with van der Waals surface area (Å²) in [5.41, 5.74) is 1.90. The van der Waals surface area contributed by atoms with Gasteiger partial charge >= 0.3 is 4.87 Å². The number of hydrogen-bond donors (Lipinski definition) is 0. The van der Waals surface area contributed by atoms with Crippen LogP contribution in [0, 0.1) is 13.8 Å². The molecule has 2 aromatic heterocycles. The lowest BCUT2D eigenvalue weighted by Crippen LogP contribution is -2.15. The van der Waals surface area contributed by atoms with Crippen molar-refractivity contribution in [1.29, 1.82) is 0 Å². The van der Waals surface area contributed by atoms with E-state index >= 15 is 0 Å². The van der Waals surface area contributed by atoms with Gasteiger partial charge in [-0.2, -0.15) is 0 Å². The first-order valence-electron chi connectivity index (χ1n) is 4.78. The van der Waals surface area contributed by atoms with E-state index < -0.39 is 0 Å². The molecule has 86 valence electrons. The molecule has 0 saturated carbocycles. The van der Waals surface area contributed by atoms with Gasteiger partial charge in [0.2, 0.25) is 0 Å². The van der Waals surface area contributed by atoms with Crippen LogP contribution < -0.4 is 4.87 Å². The number of hydrogen-bond acceptors (Lipinski definition) is 4. The quantitative estimate of drug-likeness (QED) is 0.807. The molecule has 0 radical (unpaired) electrons. The first-order chi connectivity index (χ1) is 7.61. The predicted molar refractivity (Wildman–Crippen MR) is 68.8 cm³/mol. The number of aromatic nitrogens is 2. The van der Waals surface area contributed by atoms with E-state index in [1.54, 1.807) is 15.9 Å². The lowest BCUT2D eigenvalue weighted by Gasteiger charge is -2.01. The minimum absolute atomic E-state index is 0.0811. The molecule has 0 atom stereocenters.